The highest BCUT2D eigenvalue weighted by atomic mass is 35.5. The highest BCUT2D eigenvalue weighted by molar-refractivity contribution is 6.35. The number of hydrogen-bond donors (Lipinski definition) is 1. The van der Waals surface area contributed by atoms with Gasteiger partial charge in [0.25, 0.3) is 0 Å². The SMILES string of the molecule is O=C(CN1C(=O)C2CCCCC2C1=O)NCCc1ccc(Cl)cc1Cl. The number of hydrogen-bond acceptors (Lipinski definition) is 3. The van der Waals surface area contributed by atoms with Gasteiger partial charge in [-0.15, -0.1) is 0 Å². The summed E-state index contributed by atoms with van der Waals surface area (Å²) in [5, 5.41) is 3.86. The van der Waals surface area contributed by atoms with E-state index in [2.05, 4.69) is 5.32 Å². The van der Waals surface area contributed by atoms with Gasteiger partial charge in [0.2, 0.25) is 17.7 Å². The van der Waals surface area contributed by atoms with Crippen molar-refractivity contribution in [3.63, 3.8) is 0 Å². The number of likely N-dealkylation sites (tertiary alicyclic amines) is 1. The summed E-state index contributed by atoms with van der Waals surface area (Å²) in [6.45, 7) is 0.183. The predicted octanol–water partition coefficient (Wildman–Crippen LogP) is 2.83. The minimum atomic E-state index is -0.328. The maximum absolute atomic E-state index is 12.4. The lowest BCUT2D eigenvalue weighted by atomic mass is 9.81. The number of carbonyl (C=O) groups is 3. The molecule has 1 aliphatic carbocycles. The van der Waals surface area contributed by atoms with Crippen LogP contribution in [0.1, 0.15) is 31.2 Å². The second kappa shape index (κ2) is 7.75. The first-order chi connectivity index (χ1) is 12.0. The van der Waals surface area contributed by atoms with E-state index in [0.29, 0.717) is 23.0 Å². The molecule has 2 unspecified atom stereocenters. The van der Waals surface area contributed by atoms with Crippen LogP contribution in [-0.4, -0.2) is 35.7 Å². The lowest BCUT2D eigenvalue weighted by Crippen LogP contribution is -2.41. The van der Waals surface area contributed by atoms with Gasteiger partial charge in [-0.05, 0) is 37.0 Å². The Morgan fingerprint density at radius 2 is 1.76 bits per heavy atom. The van der Waals surface area contributed by atoms with Crippen molar-refractivity contribution in [2.75, 3.05) is 13.1 Å². The van der Waals surface area contributed by atoms with Gasteiger partial charge < -0.3 is 5.32 Å². The van der Waals surface area contributed by atoms with E-state index in [1.165, 1.54) is 0 Å². The first-order valence-corrected chi connectivity index (χ1v) is 9.29. The number of imide groups is 1. The van der Waals surface area contributed by atoms with Crippen LogP contribution in [0.2, 0.25) is 10.0 Å². The molecule has 134 valence electrons. The number of nitrogens with one attached hydrogen (secondary N) is 1. The van der Waals surface area contributed by atoms with Crippen molar-refractivity contribution in [1.82, 2.24) is 10.2 Å². The van der Waals surface area contributed by atoms with E-state index in [9.17, 15) is 14.4 Å². The molecule has 1 aromatic rings. The van der Waals surface area contributed by atoms with E-state index < -0.39 is 0 Å². The largest absolute Gasteiger partial charge is 0.354 e. The summed E-state index contributed by atoms with van der Waals surface area (Å²) in [4.78, 5) is 37.9. The molecular weight excluding hydrogens is 363 g/mol. The van der Waals surface area contributed by atoms with E-state index in [4.69, 9.17) is 23.2 Å². The van der Waals surface area contributed by atoms with Crippen LogP contribution in [0.5, 0.6) is 0 Å². The zero-order valence-electron chi connectivity index (χ0n) is 13.8. The molecule has 2 atom stereocenters. The first kappa shape index (κ1) is 18.2. The van der Waals surface area contributed by atoms with E-state index in [1.807, 2.05) is 6.07 Å². The molecule has 0 aromatic heterocycles. The quantitative estimate of drug-likeness (QED) is 0.796. The Balaban J connectivity index is 1.51. The zero-order chi connectivity index (χ0) is 18.0. The van der Waals surface area contributed by atoms with Crippen molar-refractivity contribution < 1.29 is 14.4 Å². The van der Waals surface area contributed by atoms with Crippen LogP contribution >= 0.6 is 23.2 Å². The highest BCUT2D eigenvalue weighted by Crippen LogP contribution is 2.37. The summed E-state index contributed by atoms with van der Waals surface area (Å²) >= 11 is 11.9. The summed E-state index contributed by atoms with van der Waals surface area (Å²) in [5.41, 5.74) is 0.880. The van der Waals surface area contributed by atoms with Crippen molar-refractivity contribution in [1.29, 1.82) is 0 Å². The Bertz CT molecular complexity index is 684. The van der Waals surface area contributed by atoms with Crippen LogP contribution in [0.15, 0.2) is 18.2 Å². The number of amides is 3. The number of halogens is 2. The van der Waals surface area contributed by atoms with Gasteiger partial charge in [-0.3, -0.25) is 19.3 Å². The summed E-state index contributed by atoms with van der Waals surface area (Å²) in [6, 6.07) is 5.21. The fourth-order valence-electron chi connectivity index (χ4n) is 3.65. The molecule has 5 nitrogen and oxygen atoms in total. The maximum Gasteiger partial charge on any atom is 0.240 e. The van der Waals surface area contributed by atoms with Gasteiger partial charge >= 0.3 is 0 Å². The molecule has 1 aliphatic heterocycles. The molecule has 7 heteroatoms. The average molecular weight is 383 g/mol. The lowest BCUT2D eigenvalue weighted by Gasteiger charge is -2.19. The molecule has 2 aliphatic rings. The predicted molar refractivity (Wildman–Crippen MR) is 95.3 cm³/mol. The molecule has 1 heterocycles. The average Bonchev–Trinajstić information content (AvgIpc) is 2.82. The van der Waals surface area contributed by atoms with Crippen LogP contribution in [-0.2, 0) is 20.8 Å². The molecule has 0 radical (unpaired) electrons. The molecule has 3 amide bonds. The molecule has 3 rings (SSSR count). The molecule has 0 bridgehead atoms. The Labute approximate surface area is 156 Å². The number of carbonyl (C=O) groups excluding carboxylic acids is 3. The normalized spacial score (nSPS) is 22.9. The van der Waals surface area contributed by atoms with Crippen molar-refractivity contribution in [2.24, 2.45) is 11.8 Å². The van der Waals surface area contributed by atoms with Crippen LogP contribution in [0.3, 0.4) is 0 Å². The minimum Gasteiger partial charge on any atom is -0.354 e. The summed E-state index contributed by atoms with van der Waals surface area (Å²) in [6.07, 6.45) is 4.00. The topological polar surface area (TPSA) is 66.5 Å². The Morgan fingerprint density at radius 1 is 1.12 bits per heavy atom. The van der Waals surface area contributed by atoms with Crippen molar-refractivity contribution in [3.8, 4) is 0 Å². The van der Waals surface area contributed by atoms with E-state index in [1.54, 1.807) is 12.1 Å². The molecular formula is C18H20Cl2N2O3. The van der Waals surface area contributed by atoms with Crippen molar-refractivity contribution in [2.45, 2.75) is 32.1 Å². The fraction of sp³-hybridized carbons (Fsp3) is 0.500. The second-order valence-electron chi connectivity index (χ2n) is 6.60. The number of nitrogens with zero attached hydrogens (tertiary/aromatic N) is 1. The van der Waals surface area contributed by atoms with Gasteiger partial charge in [-0.25, -0.2) is 0 Å². The van der Waals surface area contributed by atoms with Gasteiger partial charge in [0.05, 0.1) is 11.8 Å². The van der Waals surface area contributed by atoms with Crippen LogP contribution < -0.4 is 5.32 Å². The van der Waals surface area contributed by atoms with Crippen LogP contribution in [0.25, 0.3) is 0 Å². The molecule has 1 saturated heterocycles. The number of benzene rings is 1. The molecule has 1 saturated carbocycles. The fourth-order valence-corrected chi connectivity index (χ4v) is 4.15. The maximum atomic E-state index is 12.4. The number of fused-ring (bicyclic) bond motifs is 1. The van der Waals surface area contributed by atoms with Crippen molar-refractivity contribution >= 4 is 40.9 Å². The van der Waals surface area contributed by atoms with E-state index in [0.717, 1.165) is 36.1 Å². The molecule has 0 spiro atoms. The summed E-state index contributed by atoms with van der Waals surface area (Å²) in [7, 11) is 0. The Hall–Kier alpha value is -1.59. The third-order valence-electron chi connectivity index (χ3n) is 4.97. The van der Waals surface area contributed by atoms with Crippen LogP contribution in [0.4, 0.5) is 0 Å². The van der Waals surface area contributed by atoms with E-state index >= 15 is 0 Å². The Morgan fingerprint density at radius 3 is 2.36 bits per heavy atom. The lowest BCUT2D eigenvalue weighted by molar-refractivity contribution is -0.143. The summed E-state index contributed by atoms with van der Waals surface area (Å²) in [5.74, 6) is -1.15. The van der Waals surface area contributed by atoms with E-state index in [-0.39, 0.29) is 36.1 Å². The third kappa shape index (κ3) is 3.98. The van der Waals surface area contributed by atoms with Gasteiger partial charge in [-0.1, -0.05) is 42.1 Å². The van der Waals surface area contributed by atoms with Gasteiger partial charge in [0.1, 0.15) is 6.54 Å². The second-order valence-corrected chi connectivity index (χ2v) is 7.44. The van der Waals surface area contributed by atoms with Gasteiger partial charge in [-0.2, -0.15) is 0 Å². The number of rotatable bonds is 5. The molecule has 25 heavy (non-hydrogen) atoms. The highest BCUT2D eigenvalue weighted by Gasteiger charge is 2.48. The minimum absolute atomic E-state index is 0.189. The van der Waals surface area contributed by atoms with Gasteiger partial charge in [0.15, 0.2) is 0 Å². The first-order valence-electron chi connectivity index (χ1n) is 8.53. The molecule has 1 aromatic carbocycles. The molecule has 2 fully saturated rings. The molecule has 1 N–H and O–H groups in total. The Kier molecular flexibility index (Phi) is 5.64. The monoisotopic (exact) mass is 382 g/mol. The van der Waals surface area contributed by atoms with Gasteiger partial charge in [0, 0.05) is 16.6 Å². The zero-order valence-corrected chi connectivity index (χ0v) is 15.3. The smallest absolute Gasteiger partial charge is 0.240 e. The van der Waals surface area contributed by atoms with Crippen molar-refractivity contribution in [3.05, 3.63) is 33.8 Å². The third-order valence-corrected chi connectivity index (χ3v) is 5.55. The summed E-state index contributed by atoms with van der Waals surface area (Å²) < 4.78 is 0. The standard InChI is InChI=1S/C18H20Cl2N2O3/c19-12-6-5-11(15(20)9-12)7-8-21-16(23)10-22-17(24)13-3-1-2-4-14(13)18(22)25/h5-6,9,13-14H,1-4,7-8,10H2,(H,21,23). The van der Waals surface area contributed by atoms with Crippen LogP contribution in [0, 0.1) is 11.8 Å².